The van der Waals surface area contributed by atoms with Crippen LogP contribution in [0.1, 0.15) is 20.3 Å². The Balaban J connectivity index is 1.78. The average molecular weight is 199 g/mol. The smallest absolute Gasteiger partial charge is 0.323 e. The van der Waals surface area contributed by atoms with Gasteiger partial charge in [0.1, 0.15) is 12.1 Å². The van der Waals surface area contributed by atoms with Gasteiger partial charge >= 0.3 is 5.97 Å². The Morgan fingerprint density at radius 3 is 2.71 bits per heavy atom. The fourth-order valence-corrected chi connectivity index (χ4v) is 1.85. The summed E-state index contributed by atoms with van der Waals surface area (Å²) < 4.78 is 10.2. The van der Waals surface area contributed by atoms with Crippen molar-refractivity contribution in [1.82, 2.24) is 5.32 Å². The molecule has 2 atom stereocenters. The molecule has 14 heavy (non-hydrogen) atoms. The maximum absolute atomic E-state index is 11.3. The molecule has 2 fully saturated rings. The van der Waals surface area contributed by atoms with Crippen molar-refractivity contribution in [3.05, 3.63) is 0 Å². The highest BCUT2D eigenvalue weighted by Crippen LogP contribution is 2.26. The number of nitrogens with one attached hydrogen (secondary N) is 1. The summed E-state index contributed by atoms with van der Waals surface area (Å²) in [6.07, 6.45) is 0.848. The standard InChI is InChI=1S/C10H17NO3/c1-7-3-8(9(12)14-7)11-4-10(2)5-13-6-10/h7-8,11H,3-6H2,1-2H3. The fourth-order valence-electron chi connectivity index (χ4n) is 1.85. The van der Waals surface area contributed by atoms with Gasteiger partial charge < -0.3 is 14.8 Å². The van der Waals surface area contributed by atoms with Crippen LogP contribution < -0.4 is 5.32 Å². The molecular weight excluding hydrogens is 182 g/mol. The molecule has 2 heterocycles. The molecule has 0 aromatic rings. The van der Waals surface area contributed by atoms with Crippen molar-refractivity contribution < 1.29 is 14.3 Å². The minimum absolute atomic E-state index is 0.0606. The van der Waals surface area contributed by atoms with Crippen LogP contribution in [-0.4, -0.2) is 37.9 Å². The molecule has 0 aliphatic carbocycles. The van der Waals surface area contributed by atoms with Crippen LogP contribution in [0.15, 0.2) is 0 Å². The van der Waals surface area contributed by atoms with Crippen LogP contribution >= 0.6 is 0 Å². The topological polar surface area (TPSA) is 47.6 Å². The Labute approximate surface area is 84.0 Å². The quantitative estimate of drug-likeness (QED) is 0.665. The van der Waals surface area contributed by atoms with Crippen LogP contribution in [0, 0.1) is 5.41 Å². The van der Waals surface area contributed by atoms with Gasteiger partial charge in [-0.3, -0.25) is 4.79 Å². The Morgan fingerprint density at radius 1 is 1.57 bits per heavy atom. The molecule has 2 rings (SSSR count). The Morgan fingerprint density at radius 2 is 2.29 bits per heavy atom. The summed E-state index contributed by atoms with van der Waals surface area (Å²) in [6, 6.07) is -0.109. The summed E-state index contributed by atoms with van der Waals surface area (Å²) in [4.78, 5) is 11.3. The summed E-state index contributed by atoms with van der Waals surface area (Å²) >= 11 is 0. The van der Waals surface area contributed by atoms with Gasteiger partial charge in [-0.25, -0.2) is 0 Å². The monoisotopic (exact) mass is 199 g/mol. The van der Waals surface area contributed by atoms with Crippen LogP contribution in [0.2, 0.25) is 0 Å². The van der Waals surface area contributed by atoms with Gasteiger partial charge in [-0.2, -0.15) is 0 Å². The Kier molecular flexibility index (Phi) is 2.49. The molecule has 80 valence electrons. The predicted molar refractivity (Wildman–Crippen MR) is 50.9 cm³/mol. The molecule has 0 amide bonds. The lowest BCUT2D eigenvalue weighted by Gasteiger charge is -2.38. The largest absolute Gasteiger partial charge is 0.461 e. The summed E-state index contributed by atoms with van der Waals surface area (Å²) in [6.45, 7) is 6.50. The molecule has 2 aliphatic rings. The molecule has 0 spiro atoms. The lowest BCUT2D eigenvalue weighted by atomic mass is 9.88. The first kappa shape index (κ1) is 9.93. The second-order valence-corrected chi connectivity index (χ2v) is 4.72. The number of rotatable bonds is 3. The van der Waals surface area contributed by atoms with Crippen molar-refractivity contribution >= 4 is 5.97 Å². The van der Waals surface area contributed by atoms with E-state index in [1.54, 1.807) is 0 Å². The first-order valence-corrected chi connectivity index (χ1v) is 5.11. The number of ether oxygens (including phenoxy) is 2. The van der Waals surface area contributed by atoms with Gasteiger partial charge in [0.05, 0.1) is 13.2 Å². The van der Waals surface area contributed by atoms with E-state index < -0.39 is 0 Å². The molecule has 1 N–H and O–H groups in total. The lowest BCUT2D eigenvalue weighted by Crippen LogP contribution is -2.50. The van der Waals surface area contributed by atoms with Gasteiger partial charge in [0, 0.05) is 18.4 Å². The molecule has 0 bridgehead atoms. The van der Waals surface area contributed by atoms with E-state index in [1.807, 2.05) is 6.92 Å². The van der Waals surface area contributed by atoms with Crippen LogP contribution in [-0.2, 0) is 14.3 Å². The highest BCUT2D eigenvalue weighted by molar-refractivity contribution is 5.77. The normalized spacial score (nSPS) is 35.1. The van der Waals surface area contributed by atoms with Crippen molar-refractivity contribution in [3.8, 4) is 0 Å². The van der Waals surface area contributed by atoms with Gasteiger partial charge in [0.2, 0.25) is 0 Å². The third-order valence-corrected chi connectivity index (χ3v) is 2.85. The fraction of sp³-hybridized carbons (Fsp3) is 0.900. The second-order valence-electron chi connectivity index (χ2n) is 4.72. The van der Waals surface area contributed by atoms with Crippen molar-refractivity contribution in [2.75, 3.05) is 19.8 Å². The lowest BCUT2D eigenvalue weighted by molar-refractivity contribution is -0.143. The van der Waals surface area contributed by atoms with Gasteiger partial charge in [-0.1, -0.05) is 6.92 Å². The van der Waals surface area contributed by atoms with Gasteiger partial charge in [0.15, 0.2) is 0 Å². The minimum atomic E-state index is -0.110. The van der Waals surface area contributed by atoms with E-state index in [4.69, 9.17) is 9.47 Å². The van der Waals surface area contributed by atoms with E-state index >= 15 is 0 Å². The number of esters is 1. The van der Waals surface area contributed by atoms with Crippen molar-refractivity contribution in [3.63, 3.8) is 0 Å². The number of carbonyl (C=O) groups excluding carboxylic acids is 1. The predicted octanol–water partition coefficient (Wildman–Crippen LogP) is 0.317. The molecular formula is C10H17NO3. The SMILES string of the molecule is CC1CC(NCC2(C)COC2)C(=O)O1. The van der Waals surface area contributed by atoms with Crippen LogP contribution in [0.25, 0.3) is 0 Å². The molecule has 2 saturated heterocycles. The highest BCUT2D eigenvalue weighted by Gasteiger charge is 2.37. The zero-order chi connectivity index (χ0) is 10.2. The zero-order valence-electron chi connectivity index (χ0n) is 8.71. The highest BCUT2D eigenvalue weighted by atomic mass is 16.6. The summed E-state index contributed by atoms with van der Waals surface area (Å²) in [5, 5.41) is 3.25. The van der Waals surface area contributed by atoms with Crippen molar-refractivity contribution in [1.29, 1.82) is 0 Å². The van der Waals surface area contributed by atoms with E-state index in [9.17, 15) is 4.79 Å². The number of cyclic esters (lactones) is 1. The molecule has 0 aromatic heterocycles. The van der Waals surface area contributed by atoms with E-state index in [-0.39, 0.29) is 23.5 Å². The van der Waals surface area contributed by atoms with Crippen LogP contribution in [0.3, 0.4) is 0 Å². The molecule has 2 unspecified atom stereocenters. The second kappa shape index (κ2) is 3.51. The van der Waals surface area contributed by atoms with E-state index in [0.29, 0.717) is 0 Å². The third-order valence-electron chi connectivity index (χ3n) is 2.85. The molecule has 0 saturated carbocycles. The summed E-state index contributed by atoms with van der Waals surface area (Å²) in [5.41, 5.74) is 0.214. The van der Waals surface area contributed by atoms with Gasteiger partial charge in [-0.15, -0.1) is 0 Å². The molecule has 2 aliphatic heterocycles. The summed E-state index contributed by atoms with van der Waals surface area (Å²) in [5.74, 6) is -0.110. The average Bonchev–Trinajstić information content (AvgIpc) is 2.38. The zero-order valence-corrected chi connectivity index (χ0v) is 8.71. The molecule has 0 aromatic carbocycles. The van der Waals surface area contributed by atoms with Gasteiger partial charge in [0.25, 0.3) is 0 Å². The van der Waals surface area contributed by atoms with Crippen molar-refractivity contribution in [2.24, 2.45) is 5.41 Å². The molecule has 4 nitrogen and oxygen atoms in total. The van der Waals surface area contributed by atoms with Crippen molar-refractivity contribution in [2.45, 2.75) is 32.4 Å². The van der Waals surface area contributed by atoms with E-state index in [2.05, 4.69) is 12.2 Å². The third kappa shape index (κ3) is 1.91. The van der Waals surface area contributed by atoms with Crippen LogP contribution in [0.5, 0.6) is 0 Å². The van der Waals surface area contributed by atoms with E-state index in [0.717, 1.165) is 26.2 Å². The summed E-state index contributed by atoms with van der Waals surface area (Å²) in [7, 11) is 0. The van der Waals surface area contributed by atoms with E-state index in [1.165, 1.54) is 0 Å². The Bertz CT molecular complexity index is 238. The first-order valence-electron chi connectivity index (χ1n) is 5.11. The number of hydrogen-bond acceptors (Lipinski definition) is 4. The molecule has 0 radical (unpaired) electrons. The maximum Gasteiger partial charge on any atom is 0.323 e. The van der Waals surface area contributed by atoms with Gasteiger partial charge in [-0.05, 0) is 6.92 Å². The molecule has 4 heteroatoms. The minimum Gasteiger partial charge on any atom is -0.461 e. The number of carbonyl (C=O) groups is 1. The number of hydrogen-bond donors (Lipinski definition) is 1. The van der Waals surface area contributed by atoms with Crippen LogP contribution in [0.4, 0.5) is 0 Å². The Hall–Kier alpha value is -0.610. The maximum atomic E-state index is 11.3. The first-order chi connectivity index (χ1) is 6.59.